The van der Waals surface area contributed by atoms with Crippen molar-refractivity contribution in [1.29, 1.82) is 0 Å². The fraction of sp³-hybridized carbons (Fsp3) is 0.471. The van der Waals surface area contributed by atoms with Crippen LogP contribution in [0.4, 0.5) is 0 Å². The van der Waals surface area contributed by atoms with Crippen molar-refractivity contribution in [1.82, 2.24) is 0 Å². The van der Waals surface area contributed by atoms with Gasteiger partial charge >= 0.3 is 44.1 Å². The van der Waals surface area contributed by atoms with E-state index in [1.165, 1.54) is 24.3 Å². The molecular formula is C34H37O18P. The van der Waals surface area contributed by atoms with Crippen LogP contribution in [0.5, 0.6) is 0 Å². The molecule has 2 aliphatic rings. The molecule has 0 aromatic heterocycles. The van der Waals surface area contributed by atoms with E-state index in [1.807, 2.05) is 0 Å². The molecule has 0 aliphatic carbocycles. The fourth-order valence-electron chi connectivity index (χ4n) is 5.48. The molecule has 2 saturated heterocycles. The molecule has 4 rings (SSSR count). The lowest BCUT2D eigenvalue weighted by molar-refractivity contribution is -0.340. The molecule has 10 atom stereocenters. The molecule has 1 unspecified atom stereocenters. The topological polar surface area (TPSA) is 235 Å². The smallest absolute Gasteiger partial charge is 0.491 e. The highest BCUT2D eigenvalue weighted by Gasteiger charge is 2.55. The van der Waals surface area contributed by atoms with E-state index in [4.69, 9.17) is 47.2 Å². The Morgan fingerprint density at radius 1 is 0.623 bits per heavy atom. The highest BCUT2D eigenvalue weighted by molar-refractivity contribution is 7.30. The molecule has 0 spiro atoms. The summed E-state index contributed by atoms with van der Waals surface area (Å²) < 4.78 is 67.5. The summed E-state index contributed by atoms with van der Waals surface area (Å²) in [5, 5.41) is 0. The normalized spacial score (nSPS) is 27.0. The molecule has 0 amide bonds. The van der Waals surface area contributed by atoms with E-state index in [1.54, 1.807) is 36.4 Å². The van der Waals surface area contributed by atoms with Crippen LogP contribution in [0, 0.1) is 0 Å². The summed E-state index contributed by atoms with van der Waals surface area (Å²) in [4.78, 5) is 86.3. The minimum Gasteiger partial charge on any atom is -0.566 e. The Labute approximate surface area is 303 Å². The first-order chi connectivity index (χ1) is 25.2. The minimum absolute atomic E-state index is 0.105. The van der Waals surface area contributed by atoms with Gasteiger partial charge in [0.2, 0.25) is 6.29 Å². The van der Waals surface area contributed by atoms with Gasteiger partial charge in [0.15, 0.2) is 30.7 Å². The van der Waals surface area contributed by atoms with Crippen LogP contribution in [0.25, 0.3) is 0 Å². The van der Waals surface area contributed by atoms with Gasteiger partial charge in [-0.15, -0.1) is 4.52 Å². The molecule has 2 aliphatic heterocycles. The second-order valence-electron chi connectivity index (χ2n) is 11.6. The van der Waals surface area contributed by atoms with Gasteiger partial charge < -0.3 is 47.5 Å². The molecular weight excluding hydrogens is 727 g/mol. The first-order valence-electron chi connectivity index (χ1n) is 16.1. The van der Waals surface area contributed by atoms with Gasteiger partial charge in [0.05, 0.1) is 17.2 Å². The molecule has 0 bridgehead atoms. The van der Waals surface area contributed by atoms with Crippen LogP contribution in [0.15, 0.2) is 60.7 Å². The monoisotopic (exact) mass is 764 g/mol. The number of carbonyl (C=O) groups is 6. The molecule has 0 saturated carbocycles. The Morgan fingerprint density at radius 2 is 1.13 bits per heavy atom. The zero-order valence-corrected chi connectivity index (χ0v) is 29.8. The quantitative estimate of drug-likeness (QED) is 0.151. The second kappa shape index (κ2) is 19.3. The third-order valence-electron chi connectivity index (χ3n) is 7.59. The van der Waals surface area contributed by atoms with Crippen molar-refractivity contribution in [3.63, 3.8) is 0 Å². The Balaban J connectivity index is 1.72. The van der Waals surface area contributed by atoms with Crippen LogP contribution in [-0.2, 0) is 70.9 Å². The van der Waals surface area contributed by atoms with Gasteiger partial charge in [0.25, 0.3) is 0 Å². The first kappa shape index (κ1) is 40.9. The van der Waals surface area contributed by atoms with Crippen molar-refractivity contribution in [2.45, 2.75) is 89.4 Å². The average Bonchev–Trinajstić information content (AvgIpc) is 3.10. The van der Waals surface area contributed by atoms with E-state index < -0.39 is 119 Å². The lowest BCUT2D eigenvalue weighted by Gasteiger charge is -2.46. The van der Waals surface area contributed by atoms with Gasteiger partial charge in [-0.05, 0) is 28.8 Å². The van der Waals surface area contributed by atoms with Crippen LogP contribution < -0.4 is 4.89 Å². The zero-order valence-electron chi connectivity index (χ0n) is 28.9. The summed E-state index contributed by atoms with van der Waals surface area (Å²) in [5.41, 5.74) is 0.277. The van der Waals surface area contributed by atoms with Crippen molar-refractivity contribution in [3.8, 4) is 0 Å². The summed E-state index contributed by atoms with van der Waals surface area (Å²) >= 11 is 0. The number of hydrogen-bond acceptors (Lipinski definition) is 18. The van der Waals surface area contributed by atoms with Crippen molar-refractivity contribution >= 4 is 44.1 Å². The second-order valence-corrected chi connectivity index (χ2v) is 12.3. The third-order valence-corrected chi connectivity index (χ3v) is 7.97. The van der Waals surface area contributed by atoms with Gasteiger partial charge in [-0.3, -0.25) is 19.2 Å². The Morgan fingerprint density at radius 3 is 1.68 bits per heavy atom. The lowest BCUT2D eigenvalue weighted by atomic mass is 9.97. The van der Waals surface area contributed by atoms with Crippen LogP contribution in [0.2, 0.25) is 0 Å². The molecule has 19 heteroatoms. The largest absolute Gasteiger partial charge is 0.566 e. The summed E-state index contributed by atoms with van der Waals surface area (Å²) in [6, 6.07) is 15.6. The van der Waals surface area contributed by atoms with Gasteiger partial charge in [-0.25, -0.2) is 9.59 Å². The number of ether oxygens (including phenoxy) is 9. The Bertz CT molecular complexity index is 1620. The number of esters is 6. The van der Waals surface area contributed by atoms with Crippen molar-refractivity contribution in [2.24, 2.45) is 0 Å². The van der Waals surface area contributed by atoms with Crippen molar-refractivity contribution < 1.29 is 85.4 Å². The number of carbonyl (C=O) groups excluding carboxylic acids is 6. The summed E-state index contributed by atoms with van der Waals surface area (Å²) in [6.45, 7) is 3.10. The predicted molar refractivity (Wildman–Crippen MR) is 171 cm³/mol. The summed E-state index contributed by atoms with van der Waals surface area (Å²) in [7, 11) is -3.58. The number of hydrogen-bond donors (Lipinski definition) is 0. The maximum Gasteiger partial charge on any atom is 0.491 e. The molecule has 18 nitrogen and oxygen atoms in total. The SMILES string of the molecule is CC(=O)OC[C@H]1O[C@@H](O[C@H]2C[C@H](OC(=O)c3ccccc3)[C@@H](O[P+](=O)[O-])O[C@@H]2COC(=O)c2ccccc2)[C@H](OC(C)=O)[C@@H](OC(C)=O)[C@H]1OC(C)=O. The van der Waals surface area contributed by atoms with Gasteiger partial charge in [-0.2, -0.15) is 0 Å². The highest BCUT2D eigenvalue weighted by Crippen LogP contribution is 2.35. The van der Waals surface area contributed by atoms with Crippen molar-refractivity contribution in [2.75, 3.05) is 13.2 Å². The van der Waals surface area contributed by atoms with Crippen LogP contribution in [0.1, 0.15) is 54.8 Å². The van der Waals surface area contributed by atoms with E-state index in [0.717, 1.165) is 27.7 Å². The predicted octanol–water partition coefficient (Wildman–Crippen LogP) is 1.69. The molecule has 286 valence electrons. The lowest BCUT2D eigenvalue weighted by Crippen LogP contribution is -2.64. The molecule has 0 radical (unpaired) electrons. The number of benzene rings is 2. The molecule has 2 heterocycles. The fourth-order valence-corrected chi connectivity index (χ4v) is 5.83. The molecule has 53 heavy (non-hydrogen) atoms. The van der Waals surface area contributed by atoms with Crippen LogP contribution >= 0.6 is 8.25 Å². The molecule has 2 fully saturated rings. The van der Waals surface area contributed by atoms with E-state index in [-0.39, 0.29) is 11.1 Å². The maximum atomic E-state index is 13.1. The Kier molecular flexibility index (Phi) is 14.9. The highest BCUT2D eigenvalue weighted by atomic mass is 31.1. The third kappa shape index (κ3) is 12.1. The van der Waals surface area contributed by atoms with Crippen LogP contribution in [-0.4, -0.2) is 104 Å². The molecule has 2 aromatic rings. The molecule has 0 N–H and O–H groups in total. The standard InChI is InChI=1S/C34H37O18P/c1-18(35)43-17-27-28(45-19(2)36)29(46-20(3)37)30(47-21(4)38)34(51-27)49-24-15-25(48-32(40)23-13-9-6-10-14-23)33(52-53(41)42)50-26(24)16-44-31(39)22-11-7-5-8-12-22/h5-14,24-30,33-34H,15-17H2,1-4H3/t24-,25-,26+,27+,28-,29-,30+,33+,34+/m0/s1. The average molecular weight is 765 g/mol. The van der Waals surface area contributed by atoms with E-state index >= 15 is 0 Å². The number of rotatable bonds is 14. The Hall–Kier alpha value is -4.84. The zero-order chi connectivity index (χ0) is 38.7. The van der Waals surface area contributed by atoms with Gasteiger partial charge in [-0.1, -0.05) is 36.4 Å². The van der Waals surface area contributed by atoms with E-state index in [2.05, 4.69) is 0 Å². The molecule has 2 aromatic carbocycles. The van der Waals surface area contributed by atoms with Crippen LogP contribution in [0.3, 0.4) is 0 Å². The minimum atomic E-state index is -3.58. The summed E-state index contributed by atoms with van der Waals surface area (Å²) in [6.07, 6.45) is -14.2. The maximum absolute atomic E-state index is 13.1. The van der Waals surface area contributed by atoms with Gasteiger partial charge in [0, 0.05) is 34.1 Å². The first-order valence-corrected chi connectivity index (χ1v) is 17.2. The van der Waals surface area contributed by atoms with Gasteiger partial charge in [0.1, 0.15) is 25.4 Å². The van der Waals surface area contributed by atoms with E-state index in [0.29, 0.717) is 0 Å². The van der Waals surface area contributed by atoms with Crippen molar-refractivity contribution in [3.05, 3.63) is 71.8 Å². The van der Waals surface area contributed by atoms with E-state index in [9.17, 15) is 38.2 Å². The summed E-state index contributed by atoms with van der Waals surface area (Å²) in [5.74, 6) is -5.05.